The van der Waals surface area contributed by atoms with Crippen LogP contribution in [0.1, 0.15) is 24.7 Å². The summed E-state index contributed by atoms with van der Waals surface area (Å²) in [4.78, 5) is 13.7. The number of hydrogen-bond acceptors (Lipinski definition) is 6. The van der Waals surface area contributed by atoms with Gasteiger partial charge in [-0.25, -0.2) is 9.67 Å². The highest BCUT2D eigenvalue weighted by atomic mass is 16.5. The number of ether oxygens (including phenoxy) is 1. The Hall–Kier alpha value is -3.55. The fourth-order valence-electron chi connectivity index (χ4n) is 3.65. The Morgan fingerprint density at radius 1 is 1.00 bits per heavy atom. The van der Waals surface area contributed by atoms with E-state index in [0.29, 0.717) is 11.7 Å². The third kappa shape index (κ3) is 2.97. The zero-order valence-electron chi connectivity index (χ0n) is 16.4. The second kappa shape index (κ2) is 7.12. The lowest BCUT2D eigenvalue weighted by Crippen LogP contribution is -2.04. The van der Waals surface area contributed by atoms with Gasteiger partial charge < -0.3 is 4.74 Å². The number of hydrogen-bond donors (Lipinski definition) is 0. The van der Waals surface area contributed by atoms with Crippen LogP contribution >= 0.6 is 0 Å². The van der Waals surface area contributed by atoms with Gasteiger partial charge >= 0.3 is 0 Å². The van der Waals surface area contributed by atoms with Crippen molar-refractivity contribution in [1.82, 2.24) is 34.3 Å². The van der Waals surface area contributed by atoms with E-state index in [4.69, 9.17) is 4.74 Å². The van der Waals surface area contributed by atoms with E-state index in [2.05, 4.69) is 56.3 Å². The average molecular weight is 387 g/mol. The molecule has 0 atom stereocenters. The highest BCUT2D eigenvalue weighted by Crippen LogP contribution is 2.29. The van der Waals surface area contributed by atoms with Crippen LogP contribution in [0.5, 0.6) is 5.88 Å². The van der Waals surface area contributed by atoms with Crippen LogP contribution in [-0.2, 0) is 19.4 Å². The van der Waals surface area contributed by atoms with E-state index in [1.54, 1.807) is 17.8 Å². The molecule has 5 aromatic rings. The van der Waals surface area contributed by atoms with Crippen molar-refractivity contribution in [3.63, 3.8) is 0 Å². The molecule has 0 radical (unpaired) electrons. The van der Waals surface area contributed by atoms with Crippen LogP contribution < -0.4 is 4.74 Å². The molecule has 4 aromatic heterocycles. The Morgan fingerprint density at radius 2 is 1.86 bits per heavy atom. The third-order valence-electron chi connectivity index (χ3n) is 5.04. The van der Waals surface area contributed by atoms with Gasteiger partial charge in [0.25, 0.3) is 5.78 Å². The first-order valence-electron chi connectivity index (χ1n) is 9.76. The second-order valence-electron chi connectivity index (χ2n) is 6.97. The number of pyridine rings is 1. The SMILES string of the molecule is CCCc1nc2nc(OC)c3cnc4c(cnn4CCc4ccccc4)c3n2n1. The molecule has 1 aromatic carbocycles. The molecule has 146 valence electrons. The van der Waals surface area contributed by atoms with E-state index in [-0.39, 0.29) is 0 Å². The summed E-state index contributed by atoms with van der Waals surface area (Å²) in [6, 6.07) is 10.4. The molecule has 0 N–H and O–H groups in total. The maximum absolute atomic E-state index is 5.51. The third-order valence-corrected chi connectivity index (χ3v) is 5.04. The molecule has 0 bridgehead atoms. The first-order chi connectivity index (χ1) is 14.3. The summed E-state index contributed by atoms with van der Waals surface area (Å²) in [5.41, 5.74) is 2.96. The van der Waals surface area contributed by atoms with E-state index in [9.17, 15) is 0 Å². The molecule has 0 spiro atoms. The first-order valence-corrected chi connectivity index (χ1v) is 9.76. The Morgan fingerprint density at radius 3 is 2.66 bits per heavy atom. The number of aryl methyl sites for hydroxylation is 3. The van der Waals surface area contributed by atoms with E-state index < -0.39 is 0 Å². The molecule has 8 nitrogen and oxygen atoms in total. The van der Waals surface area contributed by atoms with Gasteiger partial charge in [0.2, 0.25) is 5.88 Å². The maximum Gasteiger partial charge on any atom is 0.256 e. The summed E-state index contributed by atoms with van der Waals surface area (Å²) in [7, 11) is 1.61. The van der Waals surface area contributed by atoms with Crippen molar-refractivity contribution in [3.8, 4) is 5.88 Å². The molecule has 0 unspecified atom stereocenters. The average Bonchev–Trinajstić information content (AvgIpc) is 3.35. The molecular weight excluding hydrogens is 366 g/mol. The van der Waals surface area contributed by atoms with E-state index >= 15 is 0 Å². The monoisotopic (exact) mass is 387 g/mol. The zero-order chi connectivity index (χ0) is 19.8. The summed E-state index contributed by atoms with van der Waals surface area (Å²) >= 11 is 0. The number of aromatic nitrogens is 7. The fourth-order valence-corrected chi connectivity index (χ4v) is 3.65. The standard InChI is InChI=1S/C21H21N7O/c1-3-7-17-24-21-25-20(29-2)16-12-22-19-15(18(16)28(21)26-17)13-23-27(19)11-10-14-8-5-4-6-9-14/h4-6,8-9,12-13H,3,7,10-11H2,1-2H3. The van der Waals surface area contributed by atoms with Crippen LogP contribution in [0.25, 0.3) is 27.7 Å². The largest absolute Gasteiger partial charge is 0.480 e. The minimum absolute atomic E-state index is 0.495. The van der Waals surface area contributed by atoms with Crippen LogP contribution in [0.3, 0.4) is 0 Å². The van der Waals surface area contributed by atoms with Crippen molar-refractivity contribution in [1.29, 1.82) is 0 Å². The molecule has 0 aliphatic heterocycles. The van der Waals surface area contributed by atoms with Crippen molar-refractivity contribution < 1.29 is 4.74 Å². The lowest BCUT2D eigenvalue weighted by molar-refractivity contribution is 0.403. The van der Waals surface area contributed by atoms with Crippen molar-refractivity contribution in [2.75, 3.05) is 7.11 Å². The Bertz CT molecular complexity index is 1310. The molecule has 8 heteroatoms. The molecule has 5 rings (SSSR count). The number of methoxy groups -OCH3 is 1. The minimum Gasteiger partial charge on any atom is -0.480 e. The summed E-state index contributed by atoms with van der Waals surface area (Å²) in [5.74, 6) is 1.80. The van der Waals surface area contributed by atoms with Crippen LogP contribution in [-0.4, -0.2) is 41.5 Å². The predicted molar refractivity (Wildman–Crippen MR) is 110 cm³/mol. The number of rotatable bonds is 6. The van der Waals surface area contributed by atoms with Gasteiger partial charge in [-0.05, 0) is 18.4 Å². The molecule has 0 aliphatic carbocycles. The zero-order valence-corrected chi connectivity index (χ0v) is 16.4. The van der Waals surface area contributed by atoms with Crippen LogP contribution in [0.4, 0.5) is 0 Å². The number of nitrogens with zero attached hydrogens (tertiary/aromatic N) is 7. The van der Waals surface area contributed by atoms with Crippen molar-refractivity contribution in [2.24, 2.45) is 0 Å². The lowest BCUT2D eigenvalue weighted by Gasteiger charge is -2.07. The Balaban J connectivity index is 1.67. The predicted octanol–water partition coefficient (Wildman–Crippen LogP) is 3.23. The molecular formula is C21H21N7O. The molecule has 29 heavy (non-hydrogen) atoms. The van der Waals surface area contributed by atoms with Gasteiger partial charge in [0.1, 0.15) is 0 Å². The van der Waals surface area contributed by atoms with Gasteiger partial charge in [0.05, 0.1) is 29.6 Å². The summed E-state index contributed by atoms with van der Waals surface area (Å²) in [6.07, 6.45) is 6.29. The van der Waals surface area contributed by atoms with Gasteiger partial charge in [-0.2, -0.15) is 19.6 Å². The smallest absolute Gasteiger partial charge is 0.256 e. The summed E-state index contributed by atoms with van der Waals surface area (Å²) < 4.78 is 9.23. The molecule has 0 fully saturated rings. The van der Waals surface area contributed by atoms with Crippen molar-refractivity contribution in [2.45, 2.75) is 32.7 Å². The molecule has 4 heterocycles. The van der Waals surface area contributed by atoms with Gasteiger partial charge in [-0.15, -0.1) is 5.10 Å². The summed E-state index contributed by atoms with van der Waals surface area (Å²) in [5, 5.41) is 11.0. The minimum atomic E-state index is 0.495. The highest BCUT2D eigenvalue weighted by Gasteiger charge is 2.18. The molecule has 0 saturated heterocycles. The van der Waals surface area contributed by atoms with Crippen molar-refractivity contribution in [3.05, 3.63) is 54.1 Å². The quantitative estimate of drug-likeness (QED) is 0.445. The van der Waals surface area contributed by atoms with Gasteiger partial charge in [0, 0.05) is 19.2 Å². The topological polar surface area (TPSA) is 83.0 Å². The molecule has 0 aliphatic rings. The second-order valence-corrected chi connectivity index (χ2v) is 6.97. The van der Waals surface area contributed by atoms with Gasteiger partial charge in [0.15, 0.2) is 11.5 Å². The molecule has 0 amide bonds. The van der Waals surface area contributed by atoms with Crippen LogP contribution in [0.15, 0.2) is 42.7 Å². The normalized spacial score (nSPS) is 11.7. The Labute approximate surface area is 167 Å². The van der Waals surface area contributed by atoms with Crippen LogP contribution in [0, 0.1) is 0 Å². The van der Waals surface area contributed by atoms with Crippen LogP contribution in [0.2, 0.25) is 0 Å². The summed E-state index contributed by atoms with van der Waals surface area (Å²) in [6.45, 7) is 2.85. The van der Waals surface area contributed by atoms with Gasteiger partial charge in [-0.3, -0.25) is 0 Å². The first kappa shape index (κ1) is 17.5. The molecule has 0 saturated carbocycles. The van der Waals surface area contributed by atoms with E-state index in [0.717, 1.165) is 53.6 Å². The number of fused-ring (bicyclic) bond motifs is 5. The Kier molecular flexibility index (Phi) is 4.31. The van der Waals surface area contributed by atoms with E-state index in [1.165, 1.54) is 5.56 Å². The van der Waals surface area contributed by atoms with E-state index in [1.807, 2.05) is 16.9 Å². The fraction of sp³-hybridized carbons (Fsp3) is 0.286. The van der Waals surface area contributed by atoms with Gasteiger partial charge in [-0.1, -0.05) is 37.3 Å². The highest BCUT2D eigenvalue weighted by molar-refractivity contribution is 6.04. The lowest BCUT2D eigenvalue weighted by atomic mass is 10.1. The number of benzene rings is 1. The maximum atomic E-state index is 5.51. The van der Waals surface area contributed by atoms with Crippen molar-refractivity contribution >= 4 is 27.7 Å².